The average molecular weight is 360 g/mol. The molecule has 3 atom stereocenters. The van der Waals surface area contributed by atoms with Gasteiger partial charge < -0.3 is 5.11 Å². The molecule has 0 radical (unpaired) electrons. The van der Waals surface area contributed by atoms with Crippen molar-refractivity contribution in [3.05, 3.63) is 46.9 Å². The monoisotopic (exact) mass is 360 g/mol. The van der Waals surface area contributed by atoms with E-state index in [1.54, 1.807) is 12.1 Å². The number of halogens is 1. The molecule has 1 saturated heterocycles. The largest absolute Gasteiger partial charge is 0.492 e. The average Bonchev–Trinajstić information content (AvgIpc) is 3.13. The van der Waals surface area contributed by atoms with Gasteiger partial charge in [0, 0.05) is 13.1 Å². The molecule has 2 aromatic heterocycles. The van der Waals surface area contributed by atoms with Crippen LogP contribution in [0.5, 0.6) is 5.88 Å². The minimum absolute atomic E-state index is 0.123. The van der Waals surface area contributed by atoms with Gasteiger partial charge in [-0.05, 0) is 36.0 Å². The zero-order chi connectivity index (χ0) is 17.6. The number of likely N-dealkylation sites (tertiary alicyclic amines) is 1. The summed E-state index contributed by atoms with van der Waals surface area (Å²) in [4.78, 5) is 8.06. The Labute approximate surface area is 149 Å². The smallest absolute Gasteiger partial charge is 0.230 e. The van der Waals surface area contributed by atoms with Crippen molar-refractivity contribution < 1.29 is 9.50 Å². The van der Waals surface area contributed by atoms with Gasteiger partial charge in [0.1, 0.15) is 12.1 Å². The van der Waals surface area contributed by atoms with Crippen molar-refractivity contribution in [1.29, 1.82) is 0 Å². The molecule has 0 bridgehead atoms. The molecular weight excluding hydrogens is 339 g/mol. The van der Waals surface area contributed by atoms with Gasteiger partial charge in [-0.2, -0.15) is 9.61 Å². The first-order chi connectivity index (χ1) is 12.0. The molecule has 1 aliphatic heterocycles. The summed E-state index contributed by atoms with van der Waals surface area (Å²) < 4.78 is 14.9. The summed E-state index contributed by atoms with van der Waals surface area (Å²) in [5.74, 6) is 1.03. The first-order valence-corrected chi connectivity index (χ1v) is 9.35. The fraction of sp³-hybridized carbons (Fsp3) is 0.444. The third kappa shape index (κ3) is 3.02. The first kappa shape index (κ1) is 16.5. The Balaban J connectivity index is 1.81. The lowest BCUT2D eigenvalue weighted by molar-refractivity contribution is 0.112. The molecule has 0 saturated carbocycles. The molecule has 7 heteroatoms. The molecule has 3 unspecified atom stereocenters. The Bertz CT molecular complexity index is 865. The third-order valence-corrected chi connectivity index (χ3v) is 5.92. The van der Waals surface area contributed by atoms with Crippen LogP contribution in [0.1, 0.15) is 36.8 Å². The van der Waals surface area contributed by atoms with E-state index in [4.69, 9.17) is 0 Å². The van der Waals surface area contributed by atoms with Gasteiger partial charge in [-0.15, -0.1) is 0 Å². The van der Waals surface area contributed by atoms with Crippen molar-refractivity contribution in [3.8, 4) is 5.88 Å². The van der Waals surface area contributed by atoms with E-state index in [9.17, 15) is 9.50 Å². The molecule has 3 heterocycles. The molecule has 1 aliphatic rings. The summed E-state index contributed by atoms with van der Waals surface area (Å²) in [7, 11) is 0. The van der Waals surface area contributed by atoms with Crippen LogP contribution in [0.15, 0.2) is 30.6 Å². The predicted octanol–water partition coefficient (Wildman–Crippen LogP) is 3.70. The number of thiazole rings is 1. The minimum atomic E-state index is -0.255. The second-order valence-electron chi connectivity index (χ2n) is 7.10. The second-order valence-corrected chi connectivity index (χ2v) is 8.11. The maximum Gasteiger partial charge on any atom is 0.230 e. The van der Waals surface area contributed by atoms with Gasteiger partial charge in [0.2, 0.25) is 10.8 Å². The lowest BCUT2D eigenvalue weighted by Gasteiger charge is -2.40. The molecule has 132 valence electrons. The number of nitrogens with zero attached hydrogens (tertiary/aromatic N) is 4. The Morgan fingerprint density at radius 2 is 1.88 bits per heavy atom. The van der Waals surface area contributed by atoms with E-state index in [0.717, 1.165) is 23.5 Å². The molecule has 0 aliphatic carbocycles. The first-order valence-electron chi connectivity index (χ1n) is 8.54. The van der Waals surface area contributed by atoms with Gasteiger partial charge in [-0.1, -0.05) is 37.3 Å². The molecule has 0 spiro atoms. The van der Waals surface area contributed by atoms with Crippen LogP contribution in [-0.4, -0.2) is 37.7 Å². The van der Waals surface area contributed by atoms with E-state index in [1.165, 1.54) is 40.7 Å². The van der Waals surface area contributed by atoms with Crippen molar-refractivity contribution >= 4 is 16.3 Å². The van der Waals surface area contributed by atoms with Crippen LogP contribution in [-0.2, 0) is 0 Å². The lowest BCUT2D eigenvalue weighted by atomic mass is 9.89. The number of hydrogen-bond donors (Lipinski definition) is 1. The Morgan fingerprint density at radius 1 is 1.20 bits per heavy atom. The van der Waals surface area contributed by atoms with Crippen LogP contribution in [0.2, 0.25) is 0 Å². The van der Waals surface area contributed by atoms with Gasteiger partial charge in [-0.25, -0.2) is 9.37 Å². The van der Waals surface area contributed by atoms with Crippen LogP contribution in [0.4, 0.5) is 4.39 Å². The normalized spacial score (nSPS) is 23.2. The molecule has 1 aromatic carbocycles. The van der Waals surface area contributed by atoms with E-state index in [0.29, 0.717) is 16.8 Å². The number of aromatic hydroxyl groups is 1. The van der Waals surface area contributed by atoms with Crippen LogP contribution in [0.3, 0.4) is 0 Å². The summed E-state index contributed by atoms with van der Waals surface area (Å²) in [6.07, 6.45) is 2.64. The molecule has 4 rings (SSSR count). The van der Waals surface area contributed by atoms with Crippen LogP contribution in [0.25, 0.3) is 4.96 Å². The second kappa shape index (κ2) is 6.38. The van der Waals surface area contributed by atoms with Crippen molar-refractivity contribution in [2.75, 3.05) is 13.1 Å². The van der Waals surface area contributed by atoms with Crippen LogP contribution >= 0.6 is 11.3 Å². The standard InChI is InChI=1S/C18H21FN4OS/c1-11-7-12(2)9-22(8-11)15(13-3-5-14(19)6-4-13)16-17(24)23-18(25-16)20-10-21-23/h3-6,10-12,15,24H,7-9H2,1-2H3. The summed E-state index contributed by atoms with van der Waals surface area (Å²) >= 11 is 1.44. The van der Waals surface area contributed by atoms with Gasteiger partial charge in [-0.3, -0.25) is 4.90 Å². The zero-order valence-corrected chi connectivity index (χ0v) is 15.1. The molecular formula is C18H21FN4OS. The van der Waals surface area contributed by atoms with Crippen molar-refractivity contribution in [3.63, 3.8) is 0 Å². The molecule has 25 heavy (non-hydrogen) atoms. The van der Waals surface area contributed by atoms with Gasteiger partial charge in [0.05, 0.1) is 10.9 Å². The van der Waals surface area contributed by atoms with Crippen molar-refractivity contribution in [2.45, 2.75) is 26.3 Å². The molecule has 0 amide bonds. The summed E-state index contributed by atoms with van der Waals surface area (Å²) in [6.45, 7) is 6.40. The van der Waals surface area contributed by atoms with Crippen LogP contribution in [0, 0.1) is 17.7 Å². The van der Waals surface area contributed by atoms with E-state index in [-0.39, 0.29) is 17.7 Å². The molecule has 1 fully saturated rings. The van der Waals surface area contributed by atoms with E-state index < -0.39 is 0 Å². The SMILES string of the molecule is CC1CC(C)CN(C(c2ccc(F)cc2)c2sc3ncnn3c2O)C1. The minimum Gasteiger partial charge on any atom is -0.492 e. The Hall–Kier alpha value is -1.99. The number of rotatable bonds is 3. The number of benzene rings is 1. The summed E-state index contributed by atoms with van der Waals surface area (Å²) in [5, 5.41) is 14.8. The maximum atomic E-state index is 13.4. The topological polar surface area (TPSA) is 53.7 Å². The highest BCUT2D eigenvalue weighted by Crippen LogP contribution is 2.41. The van der Waals surface area contributed by atoms with Gasteiger partial charge >= 0.3 is 0 Å². The summed E-state index contributed by atoms with van der Waals surface area (Å²) in [5.41, 5.74) is 0.975. The summed E-state index contributed by atoms with van der Waals surface area (Å²) in [6, 6.07) is 6.44. The predicted molar refractivity (Wildman–Crippen MR) is 95.3 cm³/mol. The zero-order valence-electron chi connectivity index (χ0n) is 14.3. The molecule has 5 nitrogen and oxygen atoms in total. The fourth-order valence-electron chi connectivity index (χ4n) is 3.97. The quantitative estimate of drug-likeness (QED) is 0.774. The maximum absolute atomic E-state index is 13.4. The molecule has 3 aromatic rings. The number of fused-ring (bicyclic) bond motifs is 1. The third-order valence-electron chi connectivity index (χ3n) is 4.84. The van der Waals surface area contributed by atoms with Gasteiger partial charge in [0.15, 0.2) is 0 Å². The lowest BCUT2D eigenvalue weighted by Crippen LogP contribution is -2.41. The van der Waals surface area contributed by atoms with Crippen molar-refractivity contribution in [2.24, 2.45) is 11.8 Å². The number of aromatic nitrogens is 3. The number of piperidine rings is 1. The highest BCUT2D eigenvalue weighted by atomic mass is 32.1. The highest BCUT2D eigenvalue weighted by molar-refractivity contribution is 7.17. The van der Waals surface area contributed by atoms with E-state index in [1.807, 2.05) is 0 Å². The number of hydrogen-bond acceptors (Lipinski definition) is 5. The molecule has 1 N–H and O–H groups in total. The fourth-order valence-corrected chi connectivity index (χ4v) is 5.06. The van der Waals surface area contributed by atoms with E-state index in [2.05, 4.69) is 28.8 Å². The Kier molecular flexibility index (Phi) is 4.21. The van der Waals surface area contributed by atoms with E-state index >= 15 is 0 Å². The van der Waals surface area contributed by atoms with Gasteiger partial charge in [0.25, 0.3) is 0 Å². The van der Waals surface area contributed by atoms with Crippen LogP contribution < -0.4 is 0 Å². The Morgan fingerprint density at radius 3 is 2.52 bits per heavy atom. The highest BCUT2D eigenvalue weighted by Gasteiger charge is 2.33. The van der Waals surface area contributed by atoms with Crippen molar-refractivity contribution in [1.82, 2.24) is 19.5 Å².